The topological polar surface area (TPSA) is 87.7 Å². The molecular weight excluding hydrogens is 442 g/mol. The molecule has 2 N–H and O–H groups in total. The highest BCUT2D eigenvalue weighted by Crippen LogP contribution is 2.24. The van der Waals surface area contributed by atoms with Crippen LogP contribution in [0, 0.1) is 0 Å². The number of amides is 3. The van der Waals surface area contributed by atoms with Crippen molar-refractivity contribution in [3.8, 4) is 0 Å². The minimum absolute atomic E-state index is 0.0981. The third kappa shape index (κ3) is 8.45. The summed E-state index contributed by atoms with van der Waals surface area (Å²) in [6, 6.07) is 14.9. The molecule has 7 nitrogen and oxygen atoms in total. The number of carbonyl (C=O) groups is 3. The van der Waals surface area contributed by atoms with Crippen molar-refractivity contribution in [3.05, 3.63) is 90.5 Å². The molecule has 2 rings (SSSR count). The van der Waals surface area contributed by atoms with Gasteiger partial charge in [-0.15, -0.1) is 6.58 Å². The Balaban J connectivity index is 2.35. The molecule has 2 unspecified atom stereocenters. The molecule has 0 radical (unpaired) electrons. The van der Waals surface area contributed by atoms with E-state index in [0.29, 0.717) is 12.1 Å². The molecule has 186 valence electrons. The summed E-state index contributed by atoms with van der Waals surface area (Å²) in [6.07, 6.45) is 2.51. The van der Waals surface area contributed by atoms with Gasteiger partial charge in [-0.2, -0.15) is 0 Å². The zero-order valence-electron chi connectivity index (χ0n) is 20.9. The summed E-state index contributed by atoms with van der Waals surface area (Å²) in [6.45, 7) is 14.7. The number of ether oxygens (including phenoxy) is 1. The van der Waals surface area contributed by atoms with Crippen molar-refractivity contribution >= 4 is 24.0 Å². The van der Waals surface area contributed by atoms with Crippen LogP contribution in [-0.2, 0) is 20.9 Å². The van der Waals surface area contributed by atoms with Crippen LogP contribution in [0.2, 0.25) is 0 Å². The van der Waals surface area contributed by atoms with Gasteiger partial charge >= 0.3 is 6.09 Å². The zero-order chi connectivity index (χ0) is 26.0. The Morgan fingerprint density at radius 1 is 1.06 bits per heavy atom. The second kappa shape index (κ2) is 12.6. The molecule has 0 heterocycles. The number of alkyl carbamates (subject to hydrolysis) is 1. The quantitative estimate of drug-likeness (QED) is 0.489. The number of nitrogens with zero attached hydrogens (tertiary/aromatic N) is 1. The van der Waals surface area contributed by atoms with Crippen LogP contribution in [0.15, 0.2) is 73.8 Å². The van der Waals surface area contributed by atoms with Crippen LogP contribution in [0.3, 0.4) is 0 Å². The fraction of sp³-hybridized carbons (Fsp3) is 0.321. The van der Waals surface area contributed by atoms with E-state index < -0.39 is 29.7 Å². The van der Waals surface area contributed by atoms with Gasteiger partial charge in [0.2, 0.25) is 11.8 Å². The van der Waals surface area contributed by atoms with Crippen molar-refractivity contribution in [1.29, 1.82) is 0 Å². The SMILES string of the molecule is C=CCN(C(=O)C(C)NC(=O)OC(C)(C)C)C(C(=O)NCc1ccccc1)c1cccc(C=C)c1. The first-order valence-electron chi connectivity index (χ1n) is 11.5. The zero-order valence-corrected chi connectivity index (χ0v) is 20.9. The second-order valence-electron chi connectivity index (χ2n) is 9.13. The van der Waals surface area contributed by atoms with Gasteiger partial charge in [0, 0.05) is 13.1 Å². The normalized spacial score (nSPS) is 12.6. The largest absolute Gasteiger partial charge is 0.444 e. The molecule has 0 fully saturated rings. The van der Waals surface area contributed by atoms with Gasteiger partial charge in [0.25, 0.3) is 0 Å². The summed E-state index contributed by atoms with van der Waals surface area (Å²) >= 11 is 0. The predicted octanol–water partition coefficient (Wildman–Crippen LogP) is 4.61. The van der Waals surface area contributed by atoms with Crippen molar-refractivity contribution in [3.63, 3.8) is 0 Å². The number of rotatable bonds is 10. The molecule has 0 spiro atoms. The average Bonchev–Trinajstić information content (AvgIpc) is 2.81. The molecule has 3 amide bonds. The summed E-state index contributed by atoms with van der Waals surface area (Å²) in [5, 5.41) is 5.50. The van der Waals surface area contributed by atoms with E-state index in [0.717, 1.165) is 11.1 Å². The lowest BCUT2D eigenvalue weighted by Gasteiger charge is -2.33. The highest BCUT2D eigenvalue weighted by Gasteiger charge is 2.34. The standard InChI is InChI=1S/C28H35N3O4/c1-7-17-31(26(33)20(3)30-27(34)35-28(4,5)6)24(23-16-12-15-21(8-2)18-23)25(32)29-19-22-13-10-9-11-14-22/h7-16,18,20,24H,1-2,17,19H2,3-6H3,(H,29,32)(H,30,34). The summed E-state index contributed by atoms with van der Waals surface area (Å²) in [7, 11) is 0. The lowest BCUT2D eigenvalue weighted by Crippen LogP contribution is -2.51. The first kappa shape index (κ1) is 27.4. The van der Waals surface area contributed by atoms with Crippen molar-refractivity contribution in [2.24, 2.45) is 0 Å². The number of hydrogen-bond donors (Lipinski definition) is 2. The highest BCUT2D eigenvalue weighted by atomic mass is 16.6. The molecule has 0 aliphatic rings. The number of hydrogen-bond acceptors (Lipinski definition) is 4. The summed E-state index contributed by atoms with van der Waals surface area (Å²) in [5.74, 6) is -0.797. The van der Waals surface area contributed by atoms with Crippen LogP contribution in [-0.4, -0.2) is 41.0 Å². The highest BCUT2D eigenvalue weighted by molar-refractivity contribution is 5.92. The van der Waals surface area contributed by atoms with E-state index in [1.807, 2.05) is 48.5 Å². The van der Waals surface area contributed by atoms with Crippen molar-refractivity contribution in [2.75, 3.05) is 6.54 Å². The van der Waals surface area contributed by atoms with Gasteiger partial charge in [-0.1, -0.05) is 67.3 Å². The van der Waals surface area contributed by atoms with Crippen LogP contribution in [0.5, 0.6) is 0 Å². The van der Waals surface area contributed by atoms with Crippen LogP contribution in [0.4, 0.5) is 4.79 Å². The van der Waals surface area contributed by atoms with E-state index in [1.165, 1.54) is 4.90 Å². The number of nitrogens with one attached hydrogen (secondary N) is 2. The molecule has 0 saturated heterocycles. The number of benzene rings is 2. The van der Waals surface area contributed by atoms with Gasteiger partial charge in [-0.25, -0.2) is 4.79 Å². The van der Waals surface area contributed by atoms with Crippen molar-refractivity contribution in [2.45, 2.75) is 51.9 Å². The maximum absolute atomic E-state index is 13.5. The lowest BCUT2D eigenvalue weighted by molar-refractivity contribution is -0.141. The van der Waals surface area contributed by atoms with E-state index in [-0.39, 0.29) is 12.5 Å². The van der Waals surface area contributed by atoms with Crippen molar-refractivity contribution in [1.82, 2.24) is 15.5 Å². The monoisotopic (exact) mass is 477 g/mol. The molecule has 0 aliphatic carbocycles. The Hall–Kier alpha value is -3.87. The number of carbonyl (C=O) groups excluding carboxylic acids is 3. The van der Waals surface area contributed by atoms with Gasteiger partial charge in [-0.05, 0) is 50.5 Å². The first-order chi connectivity index (χ1) is 16.6. The first-order valence-corrected chi connectivity index (χ1v) is 11.5. The van der Waals surface area contributed by atoms with Gasteiger partial charge in [-0.3, -0.25) is 9.59 Å². The molecule has 0 aromatic heterocycles. The summed E-state index contributed by atoms with van der Waals surface area (Å²) in [5.41, 5.74) is 1.65. The van der Waals surface area contributed by atoms with Crippen molar-refractivity contribution < 1.29 is 19.1 Å². The third-order valence-electron chi connectivity index (χ3n) is 5.04. The fourth-order valence-corrected chi connectivity index (χ4v) is 3.47. The third-order valence-corrected chi connectivity index (χ3v) is 5.04. The molecule has 7 heteroatoms. The smallest absolute Gasteiger partial charge is 0.408 e. The lowest BCUT2D eigenvalue weighted by atomic mass is 10.0. The Morgan fingerprint density at radius 2 is 1.74 bits per heavy atom. The Morgan fingerprint density at radius 3 is 2.34 bits per heavy atom. The van der Waals surface area contributed by atoms with E-state index in [2.05, 4.69) is 23.8 Å². The fourth-order valence-electron chi connectivity index (χ4n) is 3.47. The molecule has 35 heavy (non-hydrogen) atoms. The van der Waals surface area contributed by atoms with E-state index in [4.69, 9.17) is 4.74 Å². The molecular formula is C28H35N3O4. The maximum atomic E-state index is 13.5. The van der Waals surface area contributed by atoms with Gasteiger partial charge in [0.05, 0.1) is 0 Å². The van der Waals surface area contributed by atoms with E-state index >= 15 is 0 Å². The molecule has 2 aromatic rings. The van der Waals surface area contributed by atoms with E-state index in [1.54, 1.807) is 45.9 Å². The maximum Gasteiger partial charge on any atom is 0.408 e. The summed E-state index contributed by atoms with van der Waals surface area (Å²) in [4.78, 5) is 40.6. The predicted molar refractivity (Wildman–Crippen MR) is 138 cm³/mol. The minimum atomic E-state index is -0.952. The second-order valence-corrected chi connectivity index (χ2v) is 9.13. The van der Waals surface area contributed by atoms with Crippen LogP contribution in [0.1, 0.15) is 50.4 Å². The van der Waals surface area contributed by atoms with Crippen LogP contribution >= 0.6 is 0 Å². The Bertz CT molecular complexity index is 1040. The average molecular weight is 478 g/mol. The molecule has 2 atom stereocenters. The van der Waals surface area contributed by atoms with E-state index in [9.17, 15) is 14.4 Å². The molecule has 2 aromatic carbocycles. The van der Waals surface area contributed by atoms with Gasteiger partial charge in [0.1, 0.15) is 17.7 Å². The minimum Gasteiger partial charge on any atom is -0.444 e. The Labute approximate surface area is 207 Å². The van der Waals surface area contributed by atoms with Gasteiger partial charge < -0.3 is 20.3 Å². The molecule has 0 saturated carbocycles. The molecule has 0 bridgehead atoms. The van der Waals surface area contributed by atoms with Gasteiger partial charge in [0.15, 0.2) is 0 Å². The van der Waals surface area contributed by atoms with Crippen LogP contribution in [0.25, 0.3) is 6.08 Å². The molecule has 0 aliphatic heterocycles. The van der Waals surface area contributed by atoms with Crippen LogP contribution < -0.4 is 10.6 Å². The Kier molecular flexibility index (Phi) is 9.82. The summed E-state index contributed by atoms with van der Waals surface area (Å²) < 4.78 is 5.28.